The van der Waals surface area contributed by atoms with Gasteiger partial charge in [-0.15, -0.1) is 11.3 Å². The summed E-state index contributed by atoms with van der Waals surface area (Å²) in [5, 5.41) is 0. The molecule has 2 aromatic rings. The topological polar surface area (TPSA) is 55.8 Å². The maximum atomic E-state index is 10.9. The molecular weight excluding hydrogens is 260 g/mol. The van der Waals surface area contributed by atoms with E-state index in [0.29, 0.717) is 9.96 Å². The van der Waals surface area contributed by atoms with Crippen molar-refractivity contribution in [2.24, 2.45) is 0 Å². The standard InChI is InChI=1S/C11H8O4S2/c12-17(13)11-4-3-10(16-11)7-1-2-8-9(5-7)15-6-14-8/h1-5H,6H2,(H,12,13). The number of hydrogen-bond acceptors (Lipinski definition) is 4. The number of ether oxygens (including phenoxy) is 2. The van der Waals surface area contributed by atoms with Crippen LogP contribution in [0.25, 0.3) is 10.4 Å². The Hall–Kier alpha value is -1.37. The number of fused-ring (bicyclic) bond motifs is 1. The number of benzene rings is 1. The lowest BCUT2D eigenvalue weighted by molar-refractivity contribution is 0.174. The second-order valence-electron chi connectivity index (χ2n) is 3.44. The van der Waals surface area contributed by atoms with Crippen LogP contribution in [-0.2, 0) is 11.1 Å². The molecule has 1 N–H and O–H groups in total. The molecule has 4 nitrogen and oxygen atoms in total. The summed E-state index contributed by atoms with van der Waals surface area (Å²) in [5.74, 6) is 1.44. The van der Waals surface area contributed by atoms with E-state index in [4.69, 9.17) is 14.0 Å². The maximum absolute atomic E-state index is 10.9. The van der Waals surface area contributed by atoms with Gasteiger partial charge in [-0.05, 0) is 35.9 Å². The fourth-order valence-corrected chi connectivity index (χ4v) is 3.09. The Kier molecular flexibility index (Phi) is 2.62. The molecule has 17 heavy (non-hydrogen) atoms. The molecule has 0 bridgehead atoms. The van der Waals surface area contributed by atoms with E-state index in [9.17, 15) is 4.21 Å². The monoisotopic (exact) mass is 268 g/mol. The van der Waals surface area contributed by atoms with Crippen LogP contribution in [0.2, 0.25) is 0 Å². The molecule has 0 spiro atoms. The Balaban J connectivity index is 2.00. The Morgan fingerprint density at radius 1 is 1.18 bits per heavy atom. The minimum atomic E-state index is -1.92. The van der Waals surface area contributed by atoms with E-state index in [0.717, 1.165) is 16.2 Å². The third kappa shape index (κ3) is 1.95. The van der Waals surface area contributed by atoms with E-state index in [1.807, 2.05) is 24.3 Å². The molecule has 0 radical (unpaired) electrons. The van der Waals surface area contributed by atoms with Gasteiger partial charge < -0.3 is 14.0 Å². The molecule has 88 valence electrons. The van der Waals surface area contributed by atoms with Crippen molar-refractivity contribution in [3.63, 3.8) is 0 Å². The molecule has 6 heteroatoms. The third-order valence-electron chi connectivity index (χ3n) is 2.41. The van der Waals surface area contributed by atoms with E-state index < -0.39 is 11.1 Å². The van der Waals surface area contributed by atoms with Gasteiger partial charge >= 0.3 is 0 Å². The summed E-state index contributed by atoms with van der Waals surface area (Å²) in [7, 11) is 0. The summed E-state index contributed by atoms with van der Waals surface area (Å²) in [4.78, 5) is 0.931. The lowest BCUT2D eigenvalue weighted by Gasteiger charge is -1.99. The van der Waals surface area contributed by atoms with Crippen LogP contribution in [0.3, 0.4) is 0 Å². The first kappa shape index (κ1) is 10.8. The van der Waals surface area contributed by atoms with Gasteiger partial charge in [0.05, 0.1) is 0 Å². The highest BCUT2D eigenvalue weighted by atomic mass is 32.2. The van der Waals surface area contributed by atoms with Gasteiger partial charge in [-0.2, -0.15) is 0 Å². The molecule has 0 saturated carbocycles. The summed E-state index contributed by atoms with van der Waals surface area (Å²) in [6, 6.07) is 9.10. The van der Waals surface area contributed by atoms with Crippen LogP contribution in [0.1, 0.15) is 0 Å². The summed E-state index contributed by atoms with van der Waals surface area (Å²) >= 11 is -0.625. The highest BCUT2D eigenvalue weighted by molar-refractivity contribution is 7.81. The van der Waals surface area contributed by atoms with Crippen molar-refractivity contribution in [2.45, 2.75) is 4.21 Å². The molecule has 3 rings (SSSR count). The molecule has 1 unspecified atom stereocenters. The van der Waals surface area contributed by atoms with Crippen molar-refractivity contribution >= 4 is 22.4 Å². The summed E-state index contributed by atoms with van der Waals surface area (Å²) in [5.41, 5.74) is 0.955. The third-order valence-corrected chi connectivity index (χ3v) is 4.50. The Morgan fingerprint density at radius 2 is 2.00 bits per heavy atom. The van der Waals surface area contributed by atoms with Crippen LogP contribution in [0.5, 0.6) is 11.5 Å². The predicted octanol–water partition coefficient (Wildman–Crippen LogP) is 2.72. The van der Waals surface area contributed by atoms with Crippen molar-refractivity contribution in [1.29, 1.82) is 0 Å². The summed E-state index contributed by atoms with van der Waals surface area (Å²) in [6.45, 7) is 0.245. The normalized spacial score (nSPS) is 14.9. The first-order valence-electron chi connectivity index (χ1n) is 4.85. The van der Waals surface area contributed by atoms with Crippen LogP contribution in [-0.4, -0.2) is 15.6 Å². The number of hydrogen-bond donors (Lipinski definition) is 1. The molecule has 0 amide bonds. The Bertz CT molecular complexity index is 591. The molecule has 0 saturated heterocycles. The zero-order chi connectivity index (χ0) is 11.8. The molecule has 2 heterocycles. The zero-order valence-electron chi connectivity index (χ0n) is 8.58. The van der Waals surface area contributed by atoms with Crippen molar-refractivity contribution in [2.75, 3.05) is 6.79 Å². The fraction of sp³-hybridized carbons (Fsp3) is 0.0909. The summed E-state index contributed by atoms with van der Waals surface area (Å²) in [6.07, 6.45) is 0. The molecule has 1 aliphatic heterocycles. The average Bonchev–Trinajstić information content (AvgIpc) is 2.97. The molecule has 1 atom stereocenters. The second-order valence-corrected chi connectivity index (χ2v) is 5.72. The number of rotatable bonds is 2. The van der Waals surface area contributed by atoms with Crippen LogP contribution in [0.15, 0.2) is 34.5 Å². The summed E-state index contributed by atoms with van der Waals surface area (Å²) < 4.78 is 30.8. The van der Waals surface area contributed by atoms with E-state index >= 15 is 0 Å². The first-order chi connectivity index (χ1) is 8.24. The SMILES string of the molecule is O=S(O)c1ccc(-c2ccc3c(c2)OCO3)s1. The molecule has 0 aliphatic carbocycles. The van der Waals surface area contributed by atoms with Gasteiger partial charge in [0.15, 0.2) is 22.6 Å². The van der Waals surface area contributed by atoms with Gasteiger partial charge in [-0.3, -0.25) is 0 Å². The van der Waals surface area contributed by atoms with Gasteiger partial charge in [0, 0.05) is 4.88 Å². The van der Waals surface area contributed by atoms with Gasteiger partial charge in [0.1, 0.15) is 4.21 Å². The van der Waals surface area contributed by atoms with E-state index in [-0.39, 0.29) is 6.79 Å². The maximum Gasteiger partial charge on any atom is 0.231 e. The Morgan fingerprint density at radius 3 is 2.76 bits per heavy atom. The van der Waals surface area contributed by atoms with Crippen LogP contribution < -0.4 is 9.47 Å². The van der Waals surface area contributed by atoms with Gasteiger partial charge in [0.2, 0.25) is 6.79 Å². The van der Waals surface area contributed by atoms with E-state index in [1.165, 1.54) is 11.3 Å². The quantitative estimate of drug-likeness (QED) is 0.851. The van der Waals surface area contributed by atoms with Crippen molar-refractivity contribution in [3.05, 3.63) is 30.3 Å². The first-order valence-corrected chi connectivity index (χ1v) is 6.77. The number of thiophene rings is 1. The van der Waals surface area contributed by atoms with Crippen molar-refractivity contribution in [1.82, 2.24) is 0 Å². The lowest BCUT2D eigenvalue weighted by Crippen LogP contribution is -1.92. The predicted molar refractivity (Wildman–Crippen MR) is 64.9 cm³/mol. The molecule has 1 aromatic carbocycles. The van der Waals surface area contributed by atoms with E-state index in [2.05, 4.69) is 0 Å². The van der Waals surface area contributed by atoms with Crippen LogP contribution in [0.4, 0.5) is 0 Å². The van der Waals surface area contributed by atoms with Crippen molar-refractivity contribution in [3.8, 4) is 21.9 Å². The molecule has 1 aromatic heterocycles. The minimum absolute atomic E-state index is 0.245. The highest BCUT2D eigenvalue weighted by Gasteiger charge is 2.15. The lowest BCUT2D eigenvalue weighted by atomic mass is 10.2. The molecule has 0 fully saturated rings. The zero-order valence-corrected chi connectivity index (χ0v) is 10.2. The largest absolute Gasteiger partial charge is 0.454 e. The minimum Gasteiger partial charge on any atom is -0.454 e. The van der Waals surface area contributed by atoms with Gasteiger partial charge in [-0.1, -0.05) is 0 Å². The Labute approximate surface area is 104 Å². The van der Waals surface area contributed by atoms with Gasteiger partial charge in [0.25, 0.3) is 0 Å². The van der Waals surface area contributed by atoms with Crippen LogP contribution in [0, 0.1) is 0 Å². The van der Waals surface area contributed by atoms with Gasteiger partial charge in [-0.25, -0.2) is 4.21 Å². The fourth-order valence-electron chi connectivity index (χ4n) is 1.62. The smallest absolute Gasteiger partial charge is 0.231 e. The average molecular weight is 268 g/mol. The second kappa shape index (κ2) is 4.14. The van der Waals surface area contributed by atoms with Crippen LogP contribution >= 0.6 is 11.3 Å². The molecular formula is C11H8O4S2. The molecule has 1 aliphatic rings. The highest BCUT2D eigenvalue weighted by Crippen LogP contribution is 2.38. The van der Waals surface area contributed by atoms with E-state index in [1.54, 1.807) is 6.07 Å². The van der Waals surface area contributed by atoms with Crippen molar-refractivity contribution < 1.29 is 18.2 Å².